The highest BCUT2D eigenvalue weighted by Gasteiger charge is 2.32. The number of sulfone groups is 1. The molecule has 2 aromatic heterocycles. The molecule has 2 aromatic rings. The molecular weight excluding hydrogens is 378 g/mol. The van der Waals surface area contributed by atoms with Gasteiger partial charge in [0.1, 0.15) is 16.4 Å². The molecule has 0 bridgehead atoms. The van der Waals surface area contributed by atoms with Gasteiger partial charge in [-0.15, -0.1) is 10.2 Å². The summed E-state index contributed by atoms with van der Waals surface area (Å²) in [5.74, 6) is 0.962. The Morgan fingerprint density at radius 2 is 2.15 bits per heavy atom. The van der Waals surface area contributed by atoms with Crippen LogP contribution in [0.3, 0.4) is 0 Å². The molecule has 0 radical (unpaired) electrons. The first-order chi connectivity index (χ1) is 12.2. The van der Waals surface area contributed by atoms with Crippen LogP contribution >= 0.6 is 11.3 Å². The predicted octanol–water partition coefficient (Wildman–Crippen LogP) is 2.62. The molecule has 1 atom stereocenters. The minimum atomic E-state index is -3.49. The normalized spacial score (nSPS) is 18.5. The van der Waals surface area contributed by atoms with Crippen molar-refractivity contribution < 1.29 is 13.3 Å². The molecule has 0 aliphatic carbocycles. The Bertz CT molecular complexity index is 918. The molecule has 1 unspecified atom stereocenters. The molecule has 1 fully saturated rings. The van der Waals surface area contributed by atoms with E-state index < -0.39 is 14.8 Å². The van der Waals surface area contributed by atoms with Crippen LogP contribution in [-0.4, -0.2) is 47.5 Å². The largest absolute Gasteiger partial charge is 0.357 e. The van der Waals surface area contributed by atoms with Gasteiger partial charge >= 0.3 is 5.69 Å². The number of nitrogens with zero attached hydrogens (tertiary/aromatic N) is 5. The van der Waals surface area contributed by atoms with Crippen molar-refractivity contribution in [3.63, 3.8) is 0 Å². The highest BCUT2D eigenvalue weighted by Crippen LogP contribution is 2.42. The van der Waals surface area contributed by atoms with Gasteiger partial charge in [-0.2, -0.15) is 0 Å². The van der Waals surface area contributed by atoms with Gasteiger partial charge in [0.15, 0.2) is 14.8 Å². The molecule has 142 valence electrons. The fourth-order valence-corrected chi connectivity index (χ4v) is 5.27. The minimum absolute atomic E-state index is 0.0201. The number of hydrogen-bond acceptors (Lipinski definition) is 8. The fraction of sp³-hybridized carbons (Fsp3) is 0.600. The van der Waals surface area contributed by atoms with Crippen molar-refractivity contribution >= 4 is 31.9 Å². The number of hydrogen-bond donors (Lipinski definition) is 0. The van der Waals surface area contributed by atoms with Gasteiger partial charge in [0, 0.05) is 37.4 Å². The fourth-order valence-electron chi connectivity index (χ4n) is 3.20. The van der Waals surface area contributed by atoms with Gasteiger partial charge in [0.05, 0.1) is 4.92 Å². The van der Waals surface area contributed by atoms with E-state index in [9.17, 15) is 18.5 Å². The molecule has 0 N–H and O–H groups in total. The average Bonchev–Trinajstić information content (AvgIpc) is 3.22. The van der Waals surface area contributed by atoms with Crippen LogP contribution < -0.4 is 4.90 Å². The average molecular weight is 399 g/mol. The lowest BCUT2D eigenvalue weighted by atomic mass is 9.97. The van der Waals surface area contributed by atoms with Crippen LogP contribution in [0.4, 0.5) is 10.7 Å². The number of thiophene rings is 1. The van der Waals surface area contributed by atoms with Crippen molar-refractivity contribution in [1.29, 1.82) is 0 Å². The van der Waals surface area contributed by atoms with Crippen LogP contribution in [-0.2, 0) is 9.84 Å². The summed E-state index contributed by atoms with van der Waals surface area (Å²) in [6, 6.07) is 1.39. The van der Waals surface area contributed by atoms with E-state index in [4.69, 9.17) is 0 Å². The van der Waals surface area contributed by atoms with E-state index in [2.05, 4.69) is 24.0 Å². The maximum atomic E-state index is 11.8. The minimum Gasteiger partial charge on any atom is -0.357 e. The molecule has 0 aromatic carbocycles. The first kappa shape index (κ1) is 18.8. The van der Waals surface area contributed by atoms with Gasteiger partial charge in [0.2, 0.25) is 0 Å². The van der Waals surface area contributed by atoms with Crippen LogP contribution in [0.15, 0.2) is 16.6 Å². The Hall–Kier alpha value is -2.01. The lowest BCUT2D eigenvalue weighted by Crippen LogP contribution is -2.35. The maximum Gasteiger partial charge on any atom is 0.305 e. The lowest BCUT2D eigenvalue weighted by molar-refractivity contribution is -0.383. The van der Waals surface area contributed by atoms with Crippen molar-refractivity contribution in [2.45, 2.75) is 42.9 Å². The zero-order valence-electron chi connectivity index (χ0n) is 14.8. The van der Waals surface area contributed by atoms with E-state index in [0.717, 1.165) is 42.3 Å². The third-order valence-electron chi connectivity index (χ3n) is 4.46. The summed E-state index contributed by atoms with van der Waals surface area (Å²) in [5, 5.41) is 20.1. The van der Waals surface area contributed by atoms with Crippen molar-refractivity contribution in [2.75, 3.05) is 24.2 Å². The van der Waals surface area contributed by atoms with Crippen LogP contribution in [0.1, 0.15) is 44.5 Å². The molecule has 3 heterocycles. The van der Waals surface area contributed by atoms with Crippen LogP contribution in [0.5, 0.6) is 0 Å². The second kappa shape index (κ2) is 6.95. The molecule has 0 spiro atoms. The number of rotatable bonds is 5. The van der Waals surface area contributed by atoms with Gasteiger partial charge in [-0.05, 0) is 26.7 Å². The third kappa shape index (κ3) is 3.58. The summed E-state index contributed by atoms with van der Waals surface area (Å²) in [7, 11) is -3.49. The maximum absolute atomic E-state index is 11.8. The van der Waals surface area contributed by atoms with E-state index in [1.54, 1.807) is 6.33 Å². The number of nitro groups is 1. The molecule has 9 nitrogen and oxygen atoms in total. The van der Waals surface area contributed by atoms with E-state index in [1.165, 1.54) is 0 Å². The summed E-state index contributed by atoms with van der Waals surface area (Å²) in [5.41, 5.74) is -0.151. The molecular formula is C15H21N5O4S2. The van der Waals surface area contributed by atoms with E-state index in [0.29, 0.717) is 18.1 Å². The smallest absolute Gasteiger partial charge is 0.305 e. The Balaban J connectivity index is 1.94. The highest BCUT2D eigenvalue weighted by atomic mass is 32.2. The number of anilines is 1. The Morgan fingerprint density at radius 3 is 2.77 bits per heavy atom. The molecule has 0 amide bonds. The summed E-state index contributed by atoms with van der Waals surface area (Å²) < 4.78 is 25.7. The van der Waals surface area contributed by atoms with E-state index in [-0.39, 0.29) is 21.9 Å². The summed E-state index contributed by atoms with van der Waals surface area (Å²) >= 11 is 0.965. The Labute approximate surface area is 155 Å². The standard InChI is InChI=1S/C15H21N5O4S2/c1-10(2)19-9-16-17-14(19)11-5-4-6-18(8-11)15-12(20(21)22)7-13(25-15)26(3,23)24/h7,9-11H,4-6,8H2,1-3H3. The molecule has 0 saturated carbocycles. The first-order valence-electron chi connectivity index (χ1n) is 8.31. The van der Waals surface area contributed by atoms with Crippen LogP contribution in [0.25, 0.3) is 0 Å². The summed E-state index contributed by atoms with van der Waals surface area (Å²) in [6.45, 7) is 5.30. The van der Waals surface area contributed by atoms with Gasteiger partial charge in [0.25, 0.3) is 0 Å². The molecule has 1 aliphatic heterocycles. The van der Waals surface area contributed by atoms with E-state index >= 15 is 0 Å². The molecule has 26 heavy (non-hydrogen) atoms. The first-order valence-corrected chi connectivity index (χ1v) is 11.0. The molecule has 1 aliphatic rings. The number of aromatic nitrogens is 3. The zero-order valence-corrected chi connectivity index (χ0v) is 16.5. The zero-order chi connectivity index (χ0) is 19.1. The molecule has 3 rings (SSSR count). The topological polar surface area (TPSA) is 111 Å². The molecule has 1 saturated heterocycles. The van der Waals surface area contributed by atoms with Crippen molar-refractivity contribution in [2.24, 2.45) is 0 Å². The Kier molecular flexibility index (Phi) is 5.02. The monoisotopic (exact) mass is 399 g/mol. The summed E-state index contributed by atoms with van der Waals surface area (Å²) in [4.78, 5) is 12.8. The number of piperidine rings is 1. The lowest BCUT2D eigenvalue weighted by Gasteiger charge is -2.32. The van der Waals surface area contributed by atoms with Gasteiger partial charge < -0.3 is 9.47 Å². The van der Waals surface area contributed by atoms with Crippen LogP contribution in [0.2, 0.25) is 0 Å². The second-order valence-corrected chi connectivity index (χ2v) is 10.0. The SMILES string of the molecule is CC(C)n1cnnc1C1CCCN(c2sc(S(C)(=O)=O)cc2[N+](=O)[O-])C1. The van der Waals surface area contributed by atoms with Gasteiger partial charge in [-0.3, -0.25) is 10.1 Å². The van der Waals surface area contributed by atoms with E-state index in [1.807, 2.05) is 9.47 Å². The predicted molar refractivity (Wildman–Crippen MR) is 98.7 cm³/mol. The summed E-state index contributed by atoms with van der Waals surface area (Å²) in [6.07, 6.45) is 4.53. The highest BCUT2D eigenvalue weighted by molar-refractivity contribution is 7.92. The van der Waals surface area contributed by atoms with Crippen molar-refractivity contribution in [1.82, 2.24) is 14.8 Å². The molecule has 11 heteroatoms. The van der Waals surface area contributed by atoms with Crippen LogP contribution in [0, 0.1) is 10.1 Å². The third-order valence-corrected chi connectivity index (χ3v) is 7.45. The second-order valence-electron chi connectivity index (χ2n) is 6.76. The van der Waals surface area contributed by atoms with Crippen molar-refractivity contribution in [3.8, 4) is 0 Å². The van der Waals surface area contributed by atoms with Crippen molar-refractivity contribution in [3.05, 3.63) is 28.3 Å². The Morgan fingerprint density at radius 1 is 1.42 bits per heavy atom. The van der Waals surface area contributed by atoms with Gasteiger partial charge in [-0.25, -0.2) is 8.42 Å². The quantitative estimate of drug-likeness (QED) is 0.561. The van der Waals surface area contributed by atoms with Gasteiger partial charge in [-0.1, -0.05) is 11.3 Å².